The van der Waals surface area contributed by atoms with Crippen LogP contribution in [0.4, 0.5) is 4.39 Å². The number of hydrogen-bond donors (Lipinski definition) is 1. The number of benzene rings is 1. The highest BCUT2D eigenvalue weighted by Crippen LogP contribution is 2.18. The van der Waals surface area contributed by atoms with Crippen molar-refractivity contribution < 1.29 is 9.18 Å². The first-order valence-electron chi connectivity index (χ1n) is 5.24. The summed E-state index contributed by atoms with van der Waals surface area (Å²) in [6.07, 6.45) is 1.33. The first-order valence-corrected chi connectivity index (χ1v) is 6.04. The third kappa shape index (κ3) is 3.53. The first kappa shape index (κ1) is 13.7. The van der Waals surface area contributed by atoms with Crippen LogP contribution >= 0.6 is 15.9 Å². The normalized spacial score (nSPS) is 11.6. The molecule has 0 aliphatic rings. The molecule has 5 heteroatoms. The van der Waals surface area contributed by atoms with Crippen LogP contribution in [0.1, 0.15) is 30.1 Å². The lowest BCUT2D eigenvalue weighted by molar-refractivity contribution is 0.0939. The summed E-state index contributed by atoms with van der Waals surface area (Å²) in [7, 11) is 0. The van der Waals surface area contributed by atoms with E-state index < -0.39 is 17.8 Å². The number of nitriles is 1. The van der Waals surface area contributed by atoms with Gasteiger partial charge < -0.3 is 5.32 Å². The number of nitrogens with one attached hydrogen (secondary N) is 1. The maximum atomic E-state index is 13.6. The molecule has 1 atom stereocenters. The monoisotopic (exact) mass is 298 g/mol. The number of hydrogen-bond acceptors (Lipinski definition) is 2. The van der Waals surface area contributed by atoms with Gasteiger partial charge in [0.15, 0.2) is 0 Å². The molecule has 17 heavy (non-hydrogen) atoms. The van der Waals surface area contributed by atoms with Crippen molar-refractivity contribution in [1.29, 1.82) is 5.26 Å². The molecular weight excluding hydrogens is 287 g/mol. The molecule has 0 heterocycles. The molecule has 1 rings (SSSR count). The second kappa shape index (κ2) is 6.36. The molecule has 0 saturated heterocycles. The minimum Gasteiger partial charge on any atom is -0.336 e. The zero-order valence-electron chi connectivity index (χ0n) is 9.34. The van der Waals surface area contributed by atoms with E-state index in [1.54, 1.807) is 6.07 Å². The van der Waals surface area contributed by atoms with Gasteiger partial charge in [-0.15, -0.1) is 0 Å². The summed E-state index contributed by atoms with van der Waals surface area (Å²) in [6, 6.07) is 5.86. The second-order valence-electron chi connectivity index (χ2n) is 3.55. The molecule has 1 aromatic rings. The van der Waals surface area contributed by atoms with Crippen molar-refractivity contribution in [2.45, 2.75) is 25.8 Å². The van der Waals surface area contributed by atoms with Gasteiger partial charge in [-0.25, -0.2) is 4.39 Å². The molecule has 1 aromatic carbocycles. The lowest BCUT2D eigenvalue weighted by Gasteiger charge is -2.11. The number of carbonyl (C=O) groups is 1. The van der Waals surface area contributed by atoms with Crippen molar-refractivity contribution in [3.63, 3.8) is 0 Å². The van der Waals surface area contributed by atoms with Gasteiger partial charge in [-0.05, 0) is 34.5 Å². The Kier molecular flexibility index (Phi) is 5.11. The summed E-state index contributed by atoms with van der Waals surface area (Å²) in [5, 5.41) is 11.3. The van der Waals surface area contributed by atoms with Gasteiger partial charge >= 0.3 is 0 Å². The molecule has 1 N–H and O–H groups in total. The fourth-order valence-corrected chi connectivity index (χ4v) is 1.74. The lowest BCUT2D eigenvalue weighted by Crippen LogP contribution is -2.34. The highest BCUT2D eigenvalue weighted by molar-refractivity contribution is 9.10. The number of nitrogens with zero attached hydrogens (tertiary/aromatic N) is 1. The standard InChI is InChI=1S/C12H12BrFN2O/c1-2-4-8(7-15)16-12(17)9-5-3-6-10(13)11(9)14/h3,5-6,8H,2,4H2,1H3,(H,16,17). The fraction of sp³-hybridized carbons (Fsp3) is 0.333. The van der Waals surface area contributed by atoms with E-state index in [1.165, 1.54) is 12.1 Å². The Morgan fingerprint density at radius 3 is 2.94 bits per heavy atom. The van der Waals surface area contributed by atoms with Gasteiger partial charge in [-0.2, -0.15) is 5.26 Å². The van der Waals surface area contributed by atoms with Crippen LogP contribution in [0.5, 0.6) is 0 Å². The molecule has 0 fully saturated rings. The Balaban J connectivity index is 2.83. The largest absolute Gasteiger partial charge is 0.336 e. The predicted molar refractivity (Wildman–Crippen MR) is 65.9 cm³/mol. The lowest BCUT2D eigenvalue weighted by atomic mass is 10.1. The maximum absolute atomic E-state index is 13.6. The summed E-state index contributed by atoms with van der Waals surface area (Å²) in [6.45, 7) is 1.91. The van der Waals surface area contributed by atoms with E-state index in [9.17, 15) is 9.18 Å². The summed E-state index contributed by atoms with van der Waals surface area (Å²) in [5.41, 5.74) is -0.0595. The number of carbonyl (C=O) groups excluding carboxylic acids is 1. The molecule has 0 bridgehead atoms. The molecule has 0 aromatic heterocycles. The van der Waals surface area contributed by atoms with Crippen LogP contribution in [0, 0.1) is 17.1 Å². The van der Waals surface area contributed by atoms with Crippen molar-refractivity contribution >= 4 is 21.8 Å². The third-order valence-corrected chi connectivity index (χ3v) is 2.85. The van der Waals surface area contributed by atoms with Crippen molar-refractivity contribution in [2.75, 3.05) is 0 Å². The fourth-order valence-electron chi connectivity index (χ4n) is 1.37. The summed E-state index contributed by atoms with van der Waals surface area (Å²) < 4.78 is 13.8. The van der Waals surface area contributed by atoms with Crippen LogP contribution in [0.3, 0.4) is 0 Å². The molecule has 90 valence electrons. The topological polar surface area (TPSA) is 52.9 Å². The molecule has 3 nitrogen and oxygen atoms in total. The van der Waals surface area contributed by atoms with Crippen LogP contribution in [0.15, 0.2) is 22.7 Å². The SMILES string of the molecule is CCCC(C#N)NC(=O)c1cccc(Br)c1F. The van der Waals surface area contributed by atoms with Gasteiger partial charge in [0.1, 0.15) is 11.9 Å². The summed E-state index contributed by atoms with van der Waals surface area (Å²) >= 11 is 3.01. The zero-order valence-corrected chi connectivity index (χ0v) is 10.9. The Bertz CT molecular complexity index is 456. The van der Waals surface area contributed by atoms with Gasteiger partial charge in [0, 0.05) is 0 Å². The van der Waals surface area contributed by atoms with E-state index in [2.05, 4.69) is 21.2 Å². The Labute approximate surface area is 108 Å². The molecule has 0 spiro atoms. The van der Waals surface area contributed by atoms with E-state index in [1.807, 2.05) is 13.0 Å². The summed E-state index contributed by atoms with van der Waals surface area (Å²) in [4.78, 5) is 11.7. The smallest absolute Gasteiger partial charge is 0.255 e. The second-order valence-corrected chi connectivity index (χ2v) is 4.40. The van der Waals surface area contributed by atoms with E-state index >= 15 is 0 Å². The Hall–Kier alpha value is -1.41. The number of amides is 1. The zero-order chi connectivity index (χ0) is 12.8. The van der Waals surface area contributed by atoms with Crippen LogP contribution in [0.25, 0.3) is 0 Å². The Morgan fingerprint density at radius 2 is 2.35 bits per heavy atom. The minimum atomic E-state index is -0.613. The molecule has 0 radical (unpaired) electrons. The van der Waals surface area contributed by atoms with Crippen LogP contribution in [-0.2, 0) is 0 Å². The van der Waals surface area contributed by atoms with Crippen LogP contribution < -0.4 is 5.32 Å². The quantitative estimate of drug-likeness (QED) is 0.929. The van der Waals surface area contributed by atoms with Crippen LogP contribution in [-0.4, -0.2) is 11.9 Å². The van der Waals surface area contributed by atoms with E-state index in [0.29, 0.717) is 6.42 Å². The van der Waals surface area contributed by atoms with Crippen molar-refractivity contribution in [3.8, 4) is 6.07 Å². The third-order valence-electron chi connectivity index (χ3n) is 2.23. The van der Waals surface area contributed by atoms with Gasteiger partial charge in [-0.3, -0.25) is 4.79 Å². The van der Waals surface area contributed by atoms with E-state index in [-0.39, 0.29) is 10.0 Å². The average Bonchev–Trinajstić information content (AvgIpc) is 2.31. The van der Waals surface area contributed by atoms with Crippen molar-refractivity contribution in [2.24, 2.45) is 0 Å². The predicted octanol–water partition coefficient (Wildman–Crippen LogP) is 3.01. The van der Waals surface area contributed by atoms with Gasteiger partial charge in [-0.1, -0.05) is 19.4 Å². The van der Waals surface area contributed by atoms with Gasteiger partial charge in [0.2, 0.25) is 0 Å². The number of rotatable bonds is 4. The maximum Gasteiger partial charge on any atom is 0.255 e. The first-order chi connectivity index (χ1) is 8.10. The van der Waals surface area contributed by atoms with Gasteiger partial charge in [0.25, 0.3) is 5.91 Å². The molecule has 1 amide bonds. The average molecular weight is 299 g/mol. The molecule has 0 saturated carbocycles. The molecule has 0 aliphatic heterocycles. The van der Waals surface area contributed by atoms with E-state index in [4.69, 9.17) is 5.26 Å². The summed E-state index contributed by atoms with van der Waals surface area (Å²) in [5.74, 6) is -1.18. The molecule has 1 unspecified atom stereocenters. The highest BCUT2D eigenvalue weighted by Gasteiger charge is 2.16. The van der Waals surface area contributed by atoms with Crippen molar-refractivity contribution in [1.82, 2.24) is 5.32 Å². The number of halogens is 2. The highest BCUT2D eigenvalue weighted by atomic mass is 79.9. The van der Waals surface area contributed by atoms with E-state index in [0.717, 1.165) is 6.42 Å². The van der Waals surface area contributed by atoms with Crippen LogP contribution in [0.2, 0.25) is 0 Å². The minimum absolute atomic E-state index is 0.0595. The van der Waals surface area contributed by atoms with Gasteiger partial charge in [0.05, 0.1) is 16.1 Å². The van der Waals surface area contributed by atoms with Crippen molar-refractivity contribution in [3.05, 3.63) is 34.1 Å². The Morgan fingerprint density at radius 1 is 1.65 bits per heavy atom. The molecular formula is C12H12BrFN2O. The molecule has 0 aliphatic carbocycles.